The second-order valence-corrected chi connectivity index (χ2v) is 7.45. The van der Waals surface area contributed by atoms with Gasteiger partial charge in [0, 0.05) is 0 Å². The van der Waals surface area contributed by atoms with Gasteiger partial charge in [0.1, 0.15) is 0 Å². The van der Waals surface area contributed by atoms with Crippen molar-refractivity contribution in [1.29, 1.82) is 0 Å². The van der Waals surface area contributed by atoms with Gasteiger partial charge in [0.05, 0.1) is 63.6 Å². The smallest absolute Gasteiger partial charge is 0.391 e. The molecule has 3 N–H and O–H groups in total. The van der Waals surface area contributed by atoms with Crippen molar-refractivity contribution in [3.8, 4) is 0 Å². The molecule has 0 aliphatic heterocycles. The van der Waals surface area contributed by atoms with Gasteiger partial charge in [0.2, 0.25) is 0 Å². The fraction of sp³-hybridized carbons (Fsp3) is 1.00. The highest BCUT2D eigenvalue weighted by atomic mass is 31.2. The van der Waals surface area contributed by atoms with Gasteiger partial charge in [-0.2, -0.15) is 0 Å². The maximum atomic E-state index is 10.6. The number of phosphoric ester groups is 1. The minimum atomic E-state index is -4.47. The van der Waals surface area contributed by atoms with E-state index in [0.29, 0.717) is 13.2 Å². The van der Waals surface area contributed by atoms with E-state index in [0.717, 1.165) is 0 Å². The quantitative estimate of drug-likeness (QED) is 0.354. The molecule has 0 aromatic carbocycles. The van der Waals surface area contributed by atoms with E-state index in [1.807, 2.05) is 20.8 Å². The molecule has 9 nitrogen and oxygen atoms in total. The lowest BCUT2D eigenvalue weighted by Crippen LogP contribution is -2.28. The van der Waals surface area contributed by atoms with E-state index >= 15 is 0 Å². The van der Waals surface area contributed by atoms with Crippen LogP contribution in [0.15, 0.2) is 0 Å². The first kappa shape index (κ1) is 24.9. The number of rotatable bonds is 15. The number of hydrogen-bond donors (Lipinski definition) is 3. The molecule has 0 aromatic rings. The van der Waals surface area contributed by atoms with Crippen LogP contribution in [0.1, 0.15) is 34.6 Å². The Balaban J connectivity index is 3.76. The molecule has 0 bridgehead atoms. The van der Waals surface area contributed by atoms with Gasteiger partial charge in [0.25, 0.3) is 0 Å². The third-order valence-electron chi connectivity index (χ3n) is 2.95. The van der Waals surface area contributed by atoms with Crippen LogP contribution in [0.3, 0.4) is 0 Å². The van der Waals surface area contributed by atoms with Crippen LogP contribution < -0.4 is 0 Å². The Morgan fingerprint density at radius 1 is 0.680 bits per heavy atom. The van der Waals surface area contributed by atoms with Crippen LogP contribution in [0.4, 0.5) is 0 Å². The Morgan fingerprint density at radius 2 is 1.00 bits per heavy atom. The summed E-state index contributed by atoms with van der Waals surface area (Å²) in [7, 11) is -4.47. The molecule has 0 fully saturated rings. The second kappa shape index (κ2) is 13.1. The summed E-state index contributed by atoms with van der Waals surface area (Å²) in [6, 6.07) is 0. The molecular weight excluding hydrogens is 355 g/mol. The van der Waals surface area contributed by atoms with Crippen molar-refractivity contribution in [2.24, 2.45) is 0 Å². The first-order valence-corrected chi connectivity index (χ1v) is 9.87. The van der Waals surface area contributed by atoms with Crippen molar-refractivity contribution in [2.75, 3.05) is 33.0 Å². The zero-order valence-corrected chi connectivity index (χ0v) is 16.6. The molecule has 0 spiro atoms. The molecule has 0 amide bonds. The van der Waals surface area contributed by atoms with Crippen molar-refractivity contribution in [3.05, 3.63) is 0 Å². The minimum Gasteiger partial charge on any atom is -0.391 e. The highest BCUT2D eigenvalue weighted by Gasteiger charge is 2.17. The zero-order valence-electron chi connectivity index (χ0n) is 15.7. The van der Waals surface area contributed by atoms with Gasteiger partial charge in [-0.1, -0.05) is 0 Å². The number of phosphoric acid groups is 1. The lowest BCUT2D eigenvalue weighted by Gasteiger charge is -2.21. The topological polar surface area (TPSA) is 124 Å². The summed E-state index contributed by atoms with van der Waals surface area (Å²) in [6.45, 7) is 10.0. The average Bonchev–Trinajstić information content (AvgIpc) is 2.51. The van der Waals surface area contributed by atoms with Crippen LogP contribution in [-0.2, 0) is 28.0 Å². The molecule has 10 heteroatoms. The van der Waals surface area contributed by atoms with E-state index in [1.54, 1.807) is 13.8 Å². The van der Waals surface area contributed by atoms with E-state index in [-0.39, 0.29) is 38.1 Å². The molecule has 0 saturated carbocycles. The molecule has 152 valence electrons. The summed E-state index contributed by atoms with van der Waals surface area (Å²) in [5.41, 5.74) is 0. The van der Waals surface area contributed by atoms with E-state index in [9.17, 15) is 4.57 Å². The molecule has 5 unspecified atom stereocenters. The standard InChI is InChI=1S/C15H33O9P/c1-11(16)6-20-12(2)7-21-13(3)8-22-14(4)9-23-15(5)10-24-25(17,18)19/h11-16H,6-10H2,1-5H3,(H2,17,18,19). The number of hydrogen-bond acceptors (Lipinski definition) is 7. The third kappa shape index (κ3) is 17.1. The predicted octanol–water partition coefficient (Wildman–Crippen LogP) is 1.10. The van der Waals surface area contributed by atoms with Crippen LogP contribution in [0, 0.1) is 0 Å². The van der Waals surface area contributed by atoms with Gasteiger partial charge >= 0.3 is 7.82 Å². The van der Waals surface area contributed by atoms with Crippen molar-refractivity contribution in [2.45, 2.75) is 65.1 Å². The normalized spacial score (nSPS) is 18.6. The summed E-state index contributed by atoms with van der Waals surface area (Å²) in [5.74, 6) is 0. The van der Waals surface area contributed by atoms with E-state index in [2.05, 4.69) is 4.52 Å². The fourth-order valence-electron chi connectivity index (χ4n) is 1.60. The number of aliphatic hydroxyl groups is 1. The largest absolute Gasteiger partial charge is 0.469 e. The molecule has 0 aliphatic carbocycles. The van der Waals surface area contributed by atoms with E-state index in [1.165, 1.54) is 0 Å². The summed E-state index contributed by atoms with van der Waals surface area (Å²) < 4.78 is 37.0. The zero-order chi connectivity index (χ0) is 19.5. The summed E-state index contributed by atoms with van der Waals surface area (Å²) in [4.78, 5) is 17.2. The summed E-state index contributed by atoms with van der Waals surface area (Å²) in [6.07, 6.45) is -1.41. The molecule has 0 rings (SSSR count). The second-order valence-electron chi connectivity index (χ2n) is 6.21. The molecule has 0 aromatic heterocycles. The van der Waals surface area contributed by atoms with Crippen molar-refractivity contribution < 1.29 is 42.9 Å². The molecule has 25 heavy (non-hydrogen) atoms. The fourth-order valence-corrected chi connectivity index (χ4v) is 2.00. The van der Waals surface area contributed by atoms with Gasteiger partial charge in [0.15, 0.2) is 0 Å². The van der Waals surface area contributed by atoms with Gasteiger partial charge < -0.3 is 33.8 Å². The van der Waals surface area contributed by atoms with E-state index in [4.69, 9.17) is 33.8 Å². The third-order valence-corrected chi connectivity index (χ3v) is 3.43. The predicted molar refractivity (Wildman–Crippen MR) is 91.3 cm³/mol. The van der Waals surface area contributed by atoms with E-state index < -0.39 is 20.0 Å². The molecular formula is C15H33O9P. The van der Waals surface area contributed by atoms with Crippen LogP contribution in [0.25, 0.3) is 0 Å². The van der Waals surface area contributed by atoms with Crippen molar-refractivity contribution in [3.63, 3.8) is 0 Å². The molecule has 0 heterocycles. The Kier molecular flexibility index (Phi) is 13.1. The number of aliphatic hydroxyl groups excluding tert-OH is 1. The van der Waals surface area contributed by atoms with Crippen LogP contribution in [-0.4, -0.2) is 78.4 Å². The lowest BCUT2D eigenvalue weighted by molar-refractivity contribution is -0.0934. The number of ether oxygens (including phenoxy) is 4. The highest BCUT2D eigenvalue weighted by molar-refractivity contribution is 7.46. The SMILES string of the molecule is CC(O)COC(C)COC(C)COC(C)COC(C)COP(=O)(O)O. The summed E-state index contributed by atoms with van der Waals surface area (Å²) >= 11 is 0. The summed E-state index contributed by atoms with van der Waals surface area (Å²) in [5, 5.41) is 9.14. The lowest BCUT2D eigenvalue weighted by atomic mass is 10.3. The van der Waals surface area contributed by atoms with Crippen molar-refractivity contribution in [1.82, 2.24) is 0 Å². The highest BCUT2D eigenvalue weighted by Crippen LogP contribution is 2.35. The molecule has 0 saturated heterocycles. The Labute approximate surface area is 149 Å². The Bertz CT molecular complexity index is 374. The first-order chi connectivity index (χ1) is 11.5. The molecule has 5 atom stereocenters. The van der Waals surface area contributed by atoms with Crippen LogP contribution in [0.5, 0.6) is 0 Å². The Hall–Kier alpha value is -0.0900. The van der Waals surface area contributed by atoms with Gasteiger partial charge in [-0.05, 0) is 34.6 Å². The maximum Gasteiger partial charge on any atom is 0.469 e. The van der Waals surface area contributed by atoms with Crippen LogP contribution >= 0.6 is 7.82 Å². The maximum absolute atomic E-state index is 10.6. The Morgan fingerprint density at radius 3 is 1.32 bits per heavy atom. The minimum absolute atomic E-state index is 0.118. The van der Waals surface area contributed by atoms with Gasteiger partial charge in [-0.15, -0.1) is 0 Å². The first-order valence-electron chi connectivity index (χ1n) is 8.34. The van der Waals surface area contributed by atoms with Gasteiger partial charge in [-0.25, -0.2) is 4.57 Å². The van der Waals surface area contributed by atoms with Crippen LogP contribution in [0.2, 0.25) is 0 Å². The molecule has 0 aliphatic rings. The monoisotopic (exact) mass is 388 g/mol. The van der Waals surface area contributed by atoms with Gasteiger partial charge in [-0.3, -0.25) is 4.52 Å². The molecule has 0 radical (unpaired) electrons. The average molecular weight is 388 g/mol. The van der Waals surface area contributed by atoms with Crippen molar-refractivity contribution >= 4 is 7.82 Å².